The Balaban J connectivity index is 1.55. The number of ether oxygens (including phenoxy) is 2. The molecule has 0 N–H and O–H groups in total. The summed E-state index contributed by atoms with van der Waals surface area (Å²) in [5, 5.41) is 0.837. The second kappa shape index (κ2) is 8.16. The van der Waals surface area contributed by atoms with Gasteiger partial charge < -0.3 is 13.9 Å². The van der Waals surface area contributed by atoms with Crippen LogP contribution in [-0.2, 0) is 20.9 Å². The maximum Gasteiger partial charge on any atom is 0.340 e. The smallest absolute Gasteiger partial charge is 0.340 e. The van der Waals surface area contributed by atoms with Crippen LogP contribution in [0.2, 0.25) is 0 Å². The van der Waals surface area contributed by atoms with E-state index in [1.807, 2.05) is 49.4 Å². The molecule has 0 saturated carbocycles. The first-order valence-electron chi connectivity index (χ1n) is 9.24. The van der Waals surface area contributed by atoms with E-state index < -0.39 is 11.9 Å². The van der Waals surface area contributed by atoms with Crippen molar-refractivity contribution in [1.82, 2.24) is 9.97 Å². The molecule has 4 aromatic rings. The molecule has 2 aromatic carbocycles. The minimum absolute atomic E-state index is 0.174. The van der Waals surface area contributed by atoms with E-state index in [0.29, 0.717) is 33.8 Å². The number of carbonyl (C=O) groups is 2. The van der Waals surface area contributed by atoms with Crippen LogP contribution in [0.1, 0.15) is 27.5 Å². The van der Waals surface area contributed by atoms with E-state index in [9.17, 15) is 9.59 Å². The SMILES string of the molecule is COC(=O)c1c(COC(=O)/C=C/c2nc3ccccc3o2)nc2ccccc2c1C. The number of rotatable bonds is 5. The van der Waals surface area contributed by atoms with Gasteiger partial charge in [0.2, 0.25) is 5.89 Å². The van der Waals surface area contributed by atoms with Crippen LogP contribution in [0.15, 0.2) is 59.0 Å². The number of benzene rings is 2. The predicted molar refractivity (Wildman–Crippen MR) is 111 cm³/mol. The quantitative estimate of drug-likeness (QED) is 0.364. The van der Waals surface area contributed by atoms with Gasteiger partial charge >= 0.3 is 11.9 Å². The summed E-state index contributed by atoms with van der Waals surface area (Å²) in [4.78, 5) is 33.2. The Labute approximate surface area is 172 Å². The molecule has 150 valence electrons. The molecule has 2 aromatic heterocycles. The number of nitrogens with zero attached hydrogens (tertiary/aromatic N) is 2. The van der Waals surface area contributed by atoms with Gasteiger partial charge in [-0.25, -0.2) is 19.6 Å². The van der Waals surface area contributed by atoms with Crippen LogP contribution in [0, 0.1) is 6.92 Å². The van der Waals surface area contributed by atoms with E-state index >= 15 is 0 Å². The minimum atomic E-state index is -0.610. The normalized spacial score (nSPS) is 11.3. The molecular formula is C23H18N2O5. The molecule has 0 amide bonds. The van der Waals surface area contributed by atoms with Crippen LogP contribution in [0.3, 0.4) is 0 Å². The average molecular weight is 402 g/mol. The lowest BCUT2D eigenvalue weighted by molar-refractivity contribution is -0.139. The Morgan fingerprint density at radius 3 is 2.53 bits per heavy atom. The van der Waals surface area contributed by atoms with Crippen LogP contribution in [0.25, 0.3) is 28.1 Å². The number of hydrogen-bond acceptors (Lipinski definition) is 7. The fourth-order valence-corrected chi connectivity index (χ4v) is 3.21. The molecule has 7 heteroatoms. The van der Waals surface area contributed by atoms with Crippen LogP contribution in [0.4, 0.5) is 0 Å². The average Bonchev–Trinajstić information content (AvgIpc) is 3.19. The summed E-state index contributed by atoms with van der Waals surface area (Å²) in [5.41, 5.74) is 3.39. The third kappa shape index (κ3) is 3.77. The molecule has 0 spiro atoms. The second-order valence-electron chi connectivity index (χ2n) is 6.53. The summed E-state index contributed by atoms with van der Waals surface area (Å²) >= 11 is 0. The van der Waals surface area contributed by atoms with Gasteiger partial charge in [-0.05, 0) is 30.7 Å². The lowest BCUT2D eigenvalue weighted by atomic mass is 10.0. The molecule has 0 fully saturated rings. The maximum absolute atomic E-state index is 12.3. The minimum Gasteiger partial charge on any atom is -0.465 e. The number of carbonyl (C=O) groups excluding carboxylic acids is 2. The number of esters is 2. The highest BCUT2D eigenvalue weighted by molar-refractivity contribution is 5.98. The van der Waals surface area contributed by atoms with Gasteiger partial charge in [-0.3, -0.25) is 0 Å². The second-order valence-corrected chi connectivity index (χ2v) is 6.53. The van der Waals surface area contributed by atoms with Gasteiger partial charge in [0, 0.05) is 17.5 Å². The molecule has 0 aliphatic heterocycles. The van der Waals surface area contributed by atoms with E-state index in [-0.39, 0.29) is 6.61 Å². The highest BCUT2D eigenvalue weighted by Crippen LogP contribution is 2.24. The van der Waals surface area contributed by atoms with Crippen LogP contribution in [0.5, 0.6) is 0 Å². The summed E-state index contributed by atoms with van der Waals surface area (Å²) < 4.78 is 15.7. The third-order valence-corrected chi connectivity index (χ3v) is 4.64. The summed E-state index contributed by atoms with van der Waals surface area (Å²) in [6, 6.07) is 14.7. The van der Waals surface area contributed by atoms with E-state index in [2.05, 4.69) is 9.97 Å². The number of oxazole rings is 1. The topological polar surface area (TPSA) is 91.5 Å². The molecule has 4 rings (SSSR count). The number of fused-ring (bicyclic) bond motifs is 2. The van der Waals surface area contributed by atoms with Crippen molar-refractivity contribution in [1.29, 1.82) is 0 Å². The Morgan fingerprint density at radius 2 is 1.77 bits per heavy atom. The molecule has 0 aliphatic rings. The number of aromatic nitrogens is 2. The molecule has 0 aliphatic carbocycles. The van der Waals surface area contributed by atoms with E-state index in [1.165, 1.54) is 19.3 Å². The number of methoxy groups -OCH3 is 1. The summed E-state index contributed by atoms with van der Waals surface area (Å²) in [6.45, 7) is 1.64. The number of aryl methyl sites for hydroxylation is 1. The first-order valence-corrected chi connectivity index (χ1v) is 9.24. The Kier molecular flexibility index (Phi) is 5.26. The van der Waals surface area contributed by atoms with Crippen molar-refractivity contribution in [3.8, 4) is 0 Å². The van der Waals surface area contributed by atoms with Crippen LogP contribution >= 0.6 is 0 Å². The zero-order valence-electron chi connectivity index (χ0n) is 16.4. The fraction of sp³-hybridized carbons (Fsp3) is 0.130. The molecular weight excluding hydrogens is 384 g/mol. The maximum atomic E-state index is 12.3. The standard InChI is InChI=1S/C23H18N2O5/c1-14-15-7-3-4-8-16(15)24-18(22(14)23(27)28-2)13-29-21(26)12-11-20-25-17-9-5-6-10-19(17)30-20/h3-12H,13H2,1-2H3/b12-11+. The predicted octanol–water partition coefficient (Wildman–Crippen LogP) is 4.23. The van der Waals surface area contributed by atoms with Crippen LogP contribution in [-0.4, -0.2) is 29.0 Å². The van der Waals surface area contributed by atoms with Gasteiger partial charge in [0.15, 0.2) is 5.58 Å². The first-order chi connectivity index (χ1) is 14.6. The van der Waals surface area contributed by atoms with Gasteiger partial charge in [-0.2, -0.15) is 0 Å². The van der Waals surface area contributed by atoms with Crippen molar-refractivity contribution < 1.29 is 23.5 Å². The van der Waals surface area contributed by atoms with Gasteiger partial charge in [0.25, 0.3) is 0 Å². The van der Waals surface area contributed by atoms with Gasteiger partial charge in [0.1, 0.15) is 12.1 Å². The number of para-hydroxylation sites is 3. The van der Waals surface area contributed by atoms with Crippen molar-refractivity contribution in [2.75, 3.05) is 7.11 Å². The number of pyridine rings is 1. The van der Waals surface area contributed by atoms with Crippen molar-refractivity contribution in [2.24, 2.45) is 0 Å². The van der Waals surface area contributed by atoms with Crippen molar-refractivity contribution in [2.45, 2.75) is 13.5 Å². The van der Waals surface area contributed by atoms with Gasteiger partial charge in [-0.1, -0.05) is 30.3 Å². The zero-order valence-corrected chi connectivity index (χ0v) is 16.4. The molecule has 0 radical (unpaired) electrons. The van der Waals surface area contributed by atoms with Crippen molar-refractivity contribution in [3.05, 3.63) is 77.3 Å². The summed E-state index contributed by atoms with van der Waals surface area (Å²) in [5.74, 6) is -0.845. The van der Waals surface area contributed by atoms with Crippen molar-refractivity contribution in [3.63, 3.8) is 0 Å². The zero-order chi connectivity index (χ0) is 21.1. The molecule has 0 saturated heterocycles. The summed E-state index contributed by atoms with van der Waals surface area (Å²) in [7, 11) is 1.30. The van der Waals surface area contributed by atoms with Gasteiger partial charge in [-0.15, -0.1) is 0 Å². The van der Waals surface area contributed by atoms with Crippen LogP contribution < -0.4 is 0 Å². The van der Waals surface area contributed by atoms with E-state index in [1.54, 1.807) is 6.07 Å². The molecule has 30 heavy (non-hydrogen) atoms. The molecule has 0 atom stereocenters. The molecule has 2 heterocycles. The molecule has 0 unspecified atom stereocenters. The largest absolute Gasteiger partial charge is 0.465 e. The Morgan fingerprint density at radius 1 is 1.03 bits per heavy atom. The lowest BCUT2D eigenvalue weighted by Gasteiger charge is -2.13. The monoisotopic (exact) mass is 402 g/mol. The Bertz CT molecular complexity index is 1260. The molecule has 0 bridgehead atoms. The molecule has 7 nitrogen and oxygen atoms in total. The van der Waals surface area contributed by atoms with Crippen molar-refractivity contribution >= 4 is 40.0 Å². The highest BCUT2D eigenvalue weighted by atomic mass is 16.5. The van der Waals surface area contributed by atoms with E-state index in [4.69, 9.17) is 13.9 Å². The fourth-order valence-electron chi connectivity index (χ4n) is 3.21. The number of hydrogen-bond donors (Lipinski definition) is 0. The van der Waals surface area contributed by atoms with E-state index in [0.717, 1.165) is 10.9 Å². The van der Waals surface area contributed by atoms with Gasteiger partial charge in [0.05, 0.1) is 23.9 Å². The first kappa shape index (κ1) is 19.3. The highest BCUT2D eigenvalue weighted by Gasteiger charge is 2.20. The third-order valence-electron chi connectivity index (χ3n) is 4.64. The lowest BCUT2D eigenvalue weighted by Crippen LogP contribution is -2.13. The summed E-state index contributed by atoms with van der Waals surface area (Å²) in [6.07, 6.45) is 2.65. The Hall–Kier alpha value is -4.00.